The van der Waals surface area contributed by atoms with Gasteiger partial charge in [-0.25, -0.2) is 4.79 Å². The second kappa shape index (κ2) is 22.8. The lowest BCUT2D eigenvalue weighted by Crippen LogP contribution is -2.39. The molecule has 0 radical (unpaired) electrons. The second-order valence-corrected chi connectivity index (χ2v) is 10.8. The number of ether oxygens (including phenoxy) is 2. The van der Waals surface area contributed by atoms with Gasteiger partial charge in [-0.1, -0.05) is 125 Å². The summed E-state index contributed by atoms with van der Waals surface area (Å²) in [6, 6.07) is 19.2. The zero-order valence-electron chi connectivity index (χ0n) is 25.0. The predicted octanol–water partition coefficient (Wildman–Crippen LogP) is 7.07. The van der Waals surface area contributed by atoms with Crippen molar-refractivity contribution in [2.24, 2.45) is 0 Å². The third-order valence-corrected chi connectivity index (χ3v) is 7.17. The van der Waals surface area contributed by atoms with Crippen LogP contribution in [0.5, 0.6) is 0 Å². The summed E-state index contributed by atoms with van der Waals surface area (Å²) in [4.78, 5) is 24.8. The number of benzene rings is 2. The average molecular weight is 569 g/mol. The van der Waals surface area contributed by atoms with Crippen LogP contribution in [-0.2, 0) is 27.5 Å². The van der Waals surface area contributed by atoms with Crippen LogP contribution in [0.4, 0.5) is 4.79 Å². The molecule has 0 unspecified atom stereocenters. The van der Waals surface area contributed by atoms with Crippen molar-refractivity contribution in [2.75, 3.05) is 13.2 Å². The number of hydrogen-bond donors (Lipinski definition) is 3. The van der Waals surface area contributed by atoms with Crippen LogP contribution in [0.1, 0.15) is 102 Å². The monoisotopic (exact) mass is 568 g/mol. The van der Waals surface area contributed by atoms with E-state index in [2.05, 4.69) is 17.6 Å². The van der Waals surface area contributed by atoms with Crippen LogP contribution >= 0.6 is 0 Å². The molecule has 0 aromatic heterocycles. The number of unbranched alkanes of at least 4 members (excludes halogenated alkanes) is 8. The van der Waals surface area contributed by atoms with E-state index in [9.17, 15) is 14.7 Å². The number of aliphatic hydroxyl groups excluding tert-OH is 1. The lowest BCUT2D eigenvalue weighted by atomic mass is 10.0. The summed E-state index contributed by atoms with van der Waals surface area (Å²) in [5.74, 6) is -0.117. The maximum Gasteiger partial charge on any atom is 0.407 e. The molecule has 3 N–H and O–H groups in total. The number of alkyl carbamates (subject to hydrolysis) is 1. The van der Waals surface area contributed by atoms with Gasteiger partial charge in [0.2, 0.25) is 5.91 Å². The molecular weight excluding hydrogens is 516 g/mol. The first-order valence-corrected chi connectivity index (χ1v) is 15.6. The molecule has 41 heavy (non-hydrogen) atoms. The molecule has 0 bridgehead atoms. The van der Waals surface area contributed by atoms with Crippen LogP contribution in [0.2, 0.25) is 0 Å². The first-order chi connectivity index (χ1) is 20.1. The van der Waals surface area contributed by atoms with Crippen molar-refractivity contribution in [1.29, 1.82) is 0 Å². The molecule has 2 atom stereocenters. The molecule has 0 spiro atoms. The summed E-state index contributed by atoms with van der Waals surface area (Å²) in [5.41, 5.74) is 2.02. The predicted molar refractivity (Wildman–Crippen MR) is 164 cm³/mol. The second-order valence-electron chi connectivity index (χ2n) is 10.8. The highest BCUT2D eigenvalue weighted by molar-refractivity contribution is 5.76. The van der Waals surface area contributed by atoms with E-state index in [0.29, 0.717) is 26.0 Å². The first kappa shape index (κ1) is 34.3. The van der Waals surface area contributed by atoms with Crippen molar-refractivity contribution in [3.8, 4) is 0 Å². The molecule has 2 rings (SSSR count). The smallest absolute Gasteiger partial charge is 0.407 e. The van der Waals surface area contributed by atoms with Crippen LogP contribution in [-0.4, -0.2) is 42.4 Å². The van der Waals surface area contributed by atoms with Gasteiger partial charge in [0.25, 0.3) is 0 Å². The quantitative estimate of drug-likeness (QED) is 0.125. The van der Waals surface area contributed by atoms with Crippen molar-refractivity contribution in [3.63, 3.8) is 0 Å². The molecule has 7 nitrogen and oxygen atoms in total. The van der Waals surface area contributed by atoms with Crippen molar-refractivity contribution >= 4 is 12.0 Å². The largest absolute Gasteiger partial charge is 0.445 e. The van der Waals surface area contributed by atoms with Gasteiger partial charge >= 0.3 is 6.09 Å². The van der Waals surface area contributed by atoms with Crippen LogP contribution < -0.4 is 10.6 Å². The Balaban J connectivity index is 1.68. The van der Waals surface area contributed by atoms with Crippen LogP contribution in [0.15, 0.2) is 60.7 Å². The molecule has 0 aliphatic carbocycles. The van der Waals surface area contributed by atoms with Crippen LogP contribution in [0.25, 0.3) is 0 Å². The number of aliphatic hydroxyl groups is 1. The van der Waals surface area contributed by atoms with Crippen LogP contribution in [0, 0.1) is 0 Å². The Morgan fingerprint density at radius 3 is 1.95 bits per heavy atom. The van der Waals surface area contributed by atoms with Gasteiger partial charge in [0.1, 0.15) is 6.61 Å². The Labute approximate surface area is 247 Å². The van der Waals surface area contributed by atoms with Crippen molar-refractivity contribution in [3.05, 3.63) is 71.8 Å². The Morgan fingerprint density at radius 2 is 1.34 bits per heavy atom. The number of rotatable bonds is 23. The molecule has 2 amide bonds. The fourth-order valence-corrected chi connectivity index (χ4v) is 4.73. The van der Waals surface area contributed by atoms with E-state index >= 15 is 0 Å². The molecule has 0 saturated heterocycles. The molecule has 0 aliphatic rings. The number of carbonyl (C=O) groups excluding carboxylic acids is 2. The highest BCUT2D eigenvalue weighted by Crippen LogP contribution is 2.16. The van der Waals surface area contributed by atoms with Gasteiger partial charge in [0.05, 0.1) is 31.8 Å². The van der Waals surface area contributed by atoms with Crippen molar-refractivity contribution in [2.45, 2.75) is 116 Å². The molecule has 228 valence electrons. The average Bonchev–Trinajstić information content (AvgIpc) is 3.00. The molecule has 2 aromatic rings. The minimum absolute atomic E-state index is 0.117. The summed E-state index contributed by atoms with van der Waals surface area (Å²) >= 11 is 0. The van der Waals surface area contributed by atoms with E-state index in [1.807, 2.05) is 60.7 Å². The van der Waals surface area contributed by atoms with E-state index in [-0.39, 0.29) is 37.7 Å². The highest BCUT2D eigenvalue weighted by Gasteiger charge is 2.18. The fourth-order valence-electron chi connectivity index (χ4n) is 4.73. The van der Waals surface area contributed by atoms with E-state index in [0.717, 1.165) is 30.4 Å². The van der Waals surface area contributed by atoms with E-state index < -0.39 is 6.09 Å². The van der Waals surface area contributed by atoms with Gasteiger partial charge in [0, 0.05) is 6.54 Å². The summed E-state index contributed by atoms with van der Waals surface area (Å²) in [5, 5.41) is 15.5. The normalized spacial score (nSPS) is 12.4. The van der Waals surface area contributed by atoms with Crippen LogP contribution in [0.3, 0.4) is 0 Å². The van der Waals surface area contributed by atoms with E-state index in [4.69, 9.17) is 9.47 Å². The summed E-state index contributed by atoms with van der Waals surface area (Å²) in [7, 11) is 0. The zero-order valence-corrected chi connectivity index (χ0v) is 25.0. The van der Waals surface area contributed by atoms with Crippen molar-refractivity contribution < 1.29 is 24.2 Å². The number of hydrogen-bond acceptors (Lipinski definition) is 5. The Morgan fingerprint density at radius 1 is 0.756 bits per heavy atom. The standard InChI is InChI=1S/C34H52N2O5/c1-2-3-4-5-6-7-8-9-16-23-32(40-27-29-18-12-10-13-19-29)25-33(38)36-31(26-37)22-17-24-35-34(39)41-28-30-20-14-11-15-21-30/h10-15,18-21,31-32,37H,2-9,16-17,22-28H2,1H3,(H,35,39)(H,36,38)/t31-,32-/m1/s1. The molecule has 0 aliphatic heterocycles. The number of nitrogens with one attached hydrogen (secondary N) is 2. The van der Waals surface area contributed by atoms with Gasteiger partial charge in [-0.15, -0.1) is 0 Å². The Hall–Kier alpha value is -2.90. The maximum absolute atomic E-state index is 12.9. The third-order valence-electron chi connectivity index (χ3n) is 7.17. The molecule has 0 fully saturated rings. The molecule has 0 heterocycles. The first-order valence-electron chi connectivity index (χ1n) is 15.6. The molecule has 2 aromatic carbocycles. The zero-order chi connectivity index (χ0) is 29.4. The van der Waals surface area contributed by atoms with Gasteiger partial charge in [-0.3, -0.25) is 4.79 Å². The van der Waals surface area contributed by atoms with E-state index in [1.54, 1.807) is 0 Å². The lowest BCUT2D eigenvalue weighted by Gasteiger charge is -2.21. The Bertz CT molecular complexity index is 925. The topological polar surface area (TPSA) is 96.9 Å². The SMILES string of the molecule is CCCCCCCCCCC[C@H](CC(=O)N[C@@H](CO)CCCNC(=O)OCc1ccccc1)OCc1ccccc1. The number of carbonyl (C=O) groups is 2. The van der Waals surface area contributed by atoms with Gasteiger partial charge in [-0.2, -0.15) is 0 Å². The van der Waals surface area contributed by atoms with Gasteiger partial charge < -0.3 is 25.2 Å². The third kappa shape index (κ3) is 17.5. The minimum atomic E-state index is -0.478. The minimum Gasteiger partial charge on any atom is -0.445 e. The maximum atomic E-state index is 12.9. The van der Waals surface area contributed by atoms with Gasteiger partial charge in [0.15, 0.2) is 0 Å². The van der Waals surface area contributed by atoms with E-state index in [1.165, 1.54) is 44.9 Å². The number of amides is 2. The Kier molecular flexibility index (Phi) is 19.0. The summed E-state index contributed by atoms with van der Waals surface area (Å²) in [6.45, 7) is 3.19. The van der Waals surface area contributed by atoms with Crippen molar-refractivity contribution in [1.82, 2.24) is 10.6 Å². The molecular formula is C34H52N2O5. The highest BCUT2D eigenvalue weighted by atomic mass is 16.5. The summed E-state index contributed by atoms with van der Waals surface area (Å²) in [6.07, 6.45) is 12.9. The molecule has 0 saturated carbocycles. The van der Waals surface area contributed by atoms with Gasteiger partial charge in [-0.05, 0) is 30.4 Å². The fraction of sp³-hybridized carbons (Fsp3) is 0.588. The molecule has 7 heteroatoms. The summed E-state index contributed by atoms with van der Waals surface area (Å²) < 4.78 is 11.4. The lowest BCUT2D eigenvalue weighted by molar-refractivity contribution is -0.125.